The molecular weight excluding hydrogens is 164 g/mol. The van der Waals surface area contributed by atoms with E-state index in [0.29, 0.717) is 12.3 Å². The molecule has 2 aliphatic rings. The number of hydrogen-bond acceptors (Lipinski definition) is 1. The Kier molecular flexibility index (Phi) is 2.62. The summed E-state index contributed by atoms with van der Waals surface area (Å²) in [5, 5.41) is 0. The minimum absolute atomic E-state index is 0.159. The number of hydrazine groups is 1. The van der Waals surface area contributed by atoms with Crippen LogP contribution in [0.15, 0.2) is 0 Å². The highest BCUT2D eigenvalue weighted by Gasteiger charge is 2.23. The third-order valence-electron chi connectivity index (χ3n) is 2.89. The quantitative estimate of drug-likeness (QED) is 0.603. The van der Waals surface area contributed by atoms with Crippen LogP contribution in [-0.2, 0) is 4.79 Å². The van der Waals surface area contributed by atoms with Gasteiger partial charge >= 0.3 is 0 Å². The molecule has 72 valence electrons. The number of amides is 1. The lowest BCUT2D eigenvalue weighted by Gasteiger charge is -2.15. The standard InChI is InChI=1S/C10H16N2O/c13-10-6-7-12(11-10)8-9-4-2-1-3-5-9/h8-9H,1-7H2/p+1/b12-8-. The van der Waals surface area contributed by atoms with E-state index in [2.05, 4.69) is 11.6 Å². The van der Waals surface area contributed by atoms with E-state index in [1.807, 2.05) is 4.68 Å². The highest BCUT2D eigenvalue weighted by molar-refractivity contribution is 5.76. The van der Waals surface area contributed by atoms with Crippen LogP contribution in [0, 0.1) is 5.92 Å². The minimum atomic E-state index is 0.159. The van der Waals surface area contributed by atoms with E-state index in [0.717, 1.165) is 6.54 Å². The van der Waals surface area contributed by atoms with Gasteiger partial charge < -0.3 is 0 Å². The molecule has 1 saturated carbocycles. The van der Waals surface area contributed by atoms with E-state index in [9.17, 15) is 4.79 Å². The summed E-state index contributed by atoms with van der Waals surface area (Å²) < 4.78 is 1.97. The largest absolute Gasteiger partial charge is 0.280 e. The molecule has 1 aliphatic carbocycles. The molecule has 0 bridgehead atoms. The number of carbonyl (C=O) groups is 1. The smallest absolute Gasteiger partial charge is 0.269 e. The van der Waals surface area contributed by atoms with E-state index < -0.39 is 0 Å². The molecule has 1 saturated heterocycles. The summed E-state index contributed by atoms with van der Waals surface area (Å²) in [7, 11) is 0. The first-order valence-corrected chi connectivity index (χ1v) is 5.26. The number of nitrogens with one attached hydrogen (secondary N) is 1. The van der Waals surface area contributed by atoms with Gasteiger partial charge in [0.05, 0.1) is 6.42 Å². The van der Waals surface area contributed by atoms with Crippen LogP contribution in [-0.4, -0.2) is 23.4 Å². The van der Waals surface area contributed by atoms with Crippen LogP contribution in [0.2, 0.25) is 0 Å². The summed E-state index contributed by atoms with van der Waals surface area (Å²) >= 11 is 0. The van der Waals surface area contributed by atoms with Crippen LogP contribution in [0.4, 0.5) is 0 Å². The zero-order valence-electron chi connectivity index (χ0n) is 7.96. The van der Waals surface area contributed by atoms with Crippen molar-refractivity contribution < 1.29 is 9.48 Å². The second kappa shape index (κ2) is 3.90. The maximum Gasteiger partial charge on any atom is 0.280 e. The molecule has 1 amide bonds. The zero-order valence-corrected chi connectivity index (χ0v) is 7.96. The number of hydrogen-bond donors (Lipinski definition) is 1. The summed E-state index contributed by atoms with van der Waals surface area (Å²) in [6, 6.07) is 0. The Balaban J connectivity index is 1.90. The predicted octanol–water partition coefficient (Wildman–Crippen LogP) is 1.08. The SMILES string of the molecule is O=C1CC/[N+](=C/C2CCCCC2)N1. The monoisotopic (exact) mass is 181 g/mol. The first kappa shape index (κ1) is 8.73. The van der Waals surface area contributed by atoms with Crippen LogP contribution >= 0.6 is 0 Å². The maximum atomic E-state index is 10.9. The van der Waals surface area contributed by atoms with Crippen molar-refractivity contribution in [2.45, 2.75) is 38.5 Å². The van der Waals surface area contributed by atoms with Gasteiger partial charge in [0.25, 0.3) is 5.91 Å². The molecule has 0 radical (unpaired) electrons. The predicted molar refractivity (Wildman–Crippen MR) is 50.5 cm³/mol. The van der Waals surface area contributed by atoms with Gasteiger partial charge in [0, 0.05) is 5.92 Å². The molecular formula is C10H17N2O+. The van der Waals surface area contributed by atoms with Crippen molar-refractivity contribution in [2.24, 2.45) is 5.92 Å². The van der Waals surface area contributed by atoms with Crippen molar-refractivity contribution in [3.8, 4) is 0 Å². The summed E-state index contributed by atoms with van der Waals surface area (Å²) in [4.78, 5) is 10.9. The molecule has 3 heteroatoms. The van der Waals surface area contributed by atoms with Gasteiger partial charge in [-0.25, -0.2) is 0 Å². The average molecular weight is 181 g/mol. The van der Waals surface area contributed by atoms with Gasteiger partial charge in [0.15, 0.2) is 12.8 Å². The lowest BCUT2D eigenvalue weighted by atomic mass is 9.90. The normalized spacial score (nSPS) is 28.0. The number of hydrazone groups is 1. The first-order chi connectivity index (χ1) is 6.34. The highest BCUT2D eigenvalue weighted by atomic mass is 16.2. The van der Waals surface area contributed by atoms with Crippen molar-refractivity contribution in [1.82, 2.24) is 5.43 Å². The molecule has 0 aromatic rings. The highest BCUT2D eigenvalue weighted by Crippen LogP contribution is 2.21. The number of rotatable bonds is 1. The third kappa shape index (κ3) is 2.29. The first-order valence-electron chi connectivity index (χ1n) is 5.26. The minimum Gasteiger partial charge on any atom is -0.269 e. The van der Waals surface area contributed by atoms with Gasteiger partial charge in [-0.15, -0.1) is 10.1 Å². The van der Waals surface area contributed by atoms with Gasteiger partial charge in [0.2, 0.25) is 0 Å². The van der Waals surface area contributed by atoms with E-state index in [-0.39, 0.29) is 5.91 Å². The van der Waals surface area contributed by atoms with Crippen molar-refractivity contribution in [3.05, 3.63) is 0 Å². The van der Waals surface area contributed by atoms with Crippen molar-refractivity contribution in [1.29, 1.82) is 0 Å². The van der Waals surface area contributed by atoms with Gasteiger partial charge in [-0.1, -0.05) is 19.3 Å². The van der Waals surface area contributed by atoms with Gasteiger partial charge in [-0.3, -0.25) is 4.79 Å². The van der Waals surface area contributed by atoms with Crippen LogP contribution in [0.5, 0.6) is 0 Å². The molecule has 0 spiro atoms. The van der Waals surface area contributed by atoms with Crippen LogP contribution in [0.25, 0.3) is 0 Å². The molecule has 1 N–H and O–H groups in total. The Morgan fingerprint density at radius 1 is 1.31 bits per heavy atom. The molecule has 1 aliphatic heterocycles. The molecule has 2 fully saturated rings. The van der Waals surface area contributed by atoms with Crippen LogP contribution in [0.3, 0.4) is 0 Å². The second-order valence-electron chi connectivity index (χ2n) is 4.03. The summed E-state index contributed by atoms with van der Waals surface area (Å²) in [6.07, 6.45) is 9.55. The summed E-state index contributed by atoms with van der Waals surface area (Å²) in [5.74, 6) is 0.860. The number of nitrogens with zero attached hydrogens (tertiary/aromatic N) is 1. The molecule has 3 nitrogen and oxygen atoms in total. The Bertz CT molecular complexity index is 229. The Morgan fingerprint density at radius 3 is 2.69 bits per heavy atom. The third-order valence-corrected chi connectivity index (χ3v) is 2.89. The zero-order chi connectivity index (χ0) is 9.10. The topological polar surface area (TPSA) is 32.1 Å². The Morgan fingerprint density at radius 2 is 2.08 bits per heavy atom. The van der Waals surface area contributed by atoms with E-state index in [1.165, 1.54) is 32.1 Å². The lowest BCUT2D eigenvalue weighted by molar-refractivity contribution is -0.555. The van der Waals surface area contributed by atoms with Crippen molar-refractivity contribution in [3.63, 3.8) is 0 Å². The Labute approximate surface area is 78.8 Å². The fourth-order valence-corrected chi connectivity index (χ4v) is 2.14. The Hall–Kier alpha value is -0.860. The molecule has 0 atom stereocenters. The average Bonchev–Trinajstić information content (AvgIpc) is 2.53. The molecule has 0 aromatic heterocycles. The van der Waals surface area contributed by atoms with E-state index in [4.69, 9.17) is 0 Å². The van der Waals surface area contributed by atoms with Crippen LogP contribution in [0.1, 0.15) is 38.5 Å². The molecule has 2 rings (SSSR count). The maximum absolute atomic E-state index is 10.9. The van der Waals surface area contributed by atoms with Gasteiger partial charge in [-0.2, -0.15) is 0 Å². The molecule has 0 aromatic carbocycles. The second-order valence-corrected chi connectivity index (χ2v) is 4.03. The van der Waals surface area contributed by atoms with Gasteiger partial charge in [0.1, 0.15) is 0 Å². The van der Waals surface area contributed by atoms with Crippen LogP contribution < -0.4 is 5.43 Å². The fraction of sp³-hybridized carbons (Fsp3) is 0.800. The molecule has 0 unspecified atom stereocenters. The van der Waals surface area contributed by atoms with E-state index >= 15 is 0 Å². The molecule has 13 heavy (non-hydrogen) atoms. The number of carbonyl (C=O) groups excluding carboxylic acids is 1. The van der Waals surface area contributed by atoms with Crippen molar-refractivity contribution in [2.75, 3.05) is 6.54 Å². The molecule has 1 heterocycles. The lowest BCUT2D eigenvalue weighted by Crippen LogP contribution is -2.27. The summed E-state index contributed by atoms with van der Waals surface area (Å²) in [6.45, 7) is 0.856. The van der Waals surface area contributed by atoms with Gasteiger partial charge in [-0.05, 0) is 12.8 Å². The summed E-state index contributed by atoms with van der Waals surface area (Å²) in [5.41, 5.74) is 2.84. The van der Waals surface area contributed by atoms with Crippen molar-refractivity contribution >= 4 is 12.1 Å². The fourth-order valence-electron chi connectivity index (χ4n) is 2.14. The van der Waals surface area contributed by atoms with E-state index in [1.54, 1.807) is 0 Å².